The lowest BCUT2D eigenvalue weighted by molar-refractivity contribution is 0.355. The van der Waals surface area contributed by atoms with Crippen LogP contribution >= 0.6 is 11.6 Å². The van der Waals surface area contributed by atoms with Gasteiger partial charge in [-0.3, -0.25) is 5.43 Å². The number of para-hydroxylation sites is 2. The summed E-state index contributed by atoms with van der Waals surface area (Å²) in [7, 11) is 3.22. The smallest absolute Gasteiger partial charge is 0.161 e. The first-order valence-electron chi connectivity index (χ1n) is 9.60. The normalized spacial score (nSPS) is 10.9. The average Bonchev–Trinajstić information content (AvgIpc) is 3.24. The van der Waals surface area contributed by atoms with Gasteiger partial charge in [-0.15, -0.1) is 0 Å². The molecule has 7 heteroatoms. The van der Waals surface area contributed by atoms with Crippen molar-refractivity contribution in [2.24, 2.45) is 5.10 Å². The Kier molecular flexibility index (Phi) is 6.19. The van der Waals surface area contributed by atoms with E-state index >= 15 is 0 Å². The number of nitrogens with zero attached hydrogens (tertiary/aromatic N) is 3. The molecule has 0 fully saturated rings. The molecule has 3 aromatic carbocycles. The monoisotopic (exact) mass is 432 g/mol. The summed E-state index contributed by atoms with van der Waals surface area (Å²) >= 11 is 6.20. The molecule has 0 atom stereocenters. The van der Waals surface area contributed by atoms with Crippen molar-refractivity contribution in [3.05, 3.63) is 89.6 Å². The van der Waals surface area contributed by atoms with Gasteiger partial charge >= 0.3 is 0 Å². The van der Waals surface area contributed by atoms with Crippen molar-refractivity contribution in [2.75, 3.05) is 19.6 Å². The molecule has 0 saturated carbocycles. The molecule has 0 aliphatic heterocycles. The highest BCUT2D eigenvalue weighted by atomic mass is 35.5. The van der Waals surface area contributed by atoms with Crippen LogP contribution in [0.4, 0.5) is 5.69 Å². The number of nitrogens with one attached hydrogen (secondary N) is 1. The Morgan fingerprint density at radius 1 is 0.935 bits per heavy atom. The largest absolute Gasteiger partial charge is 0.493 e. The molecule has 0 unspecified atom stereocenters. The highest BCUT2D eigenvalue weighted by Crippen LogP contribution is 2.33. The van der Waals surface area contributed by atoms with Gasteiger partial charge in [-0.2, -0.15) is 10.2 Å². The van der Waals surface area contributed by atoms with Gasteiger partial charge in [0.25, 0.3) is 0 Å². The maximum absolute atomic E-state index is 6.20. The van der Waals surface area contributed by atoms with Crippen molar-refractivity contribution in [2.45, 2.75) is 0 Å². The second-order valence-electron chi connectivity index (χ2n) is 6.63. The van der Waals surface area contributed by atoms with E-state index in [0.717, 1.165) is 28.2 Å². The molecule has 1 heterocycles. The Balaban J connectivity index is 1.73. The molecule has 0 saturated heterocycles. The summed E-state index contributed by atoms with van der Waals surface area (Å²) in [6.07, 6.45) is 3.65. The number of anilines is 1. The van der Waals surface area contributed by atoms with Crippen molar-refractivity contribution >= 4 is 23.5 Å². The van der Waals surface area contributed by atoms with E-state index in [-0.39, 0.29) is 0 Å². The van der Waals surface area contributed by atoms with Gasteiger partial charge in [0, 0.05) is 17.3 Å². The summed E-state index contributed by atoms with van der Waals surface area (Å²) in [6.45, 7) is 0. The van der Waals surface area contributed by atoms with Crippen LogP contribution in [-0.2, 0) is 0 Å². The predicted octanol–water partition coefficient (Wildman–Crippen LogP) is 5.66. The van der Waals surface area contributed by atoms with Crippen LogP contribution in [0.1, 0.15) is 5.56 Å². The highest BCUT2D eigenvalue weighted by Gasteiger charge is 2.14. The molecule has 156 valence electrons. The third kappa shape index (κ3) is 4.54. The van der Waals surface area contributed by atoms with Crippen LogP contribution in [0.2, 0.25) is 5.02 Å². The fourth-order valence-electron chi connectivity index (χ4n) is 3.13. The number of methoxy groups -OCH3 is 2. The fraction of sp³-hybridized carbons (Fsp3) is 0.0833. The fourth-order valence-corrected chi connectivity index (χ4v) is 3.30. The molecular formula is C24H21ClN4O2. The highest BCUT2D eigenvalue weighted by molar-refractivity contribution is 6.33. The SMILES string of the molecule is COc1ccc(-c2nn(-c3ccccc3)cc2C=NNc2ccccc2Cl)cc1OC. The van der Waals surface area contributed by atoms with Crippen LogP contribution in [0.5, 0.6) is 11.5 Å². The number of hydrazone groups is 1. The molecule has 0 radical (unpaired) electrons. The van der Waals surface area contributed by atoms with Crippen molar-refractivity contribution < 1.29 is 9.47 Å². The molecule has 0 aliphatic rings. The predicted molar refractivity (Wildman–Crippen MR) is 125 cm³/mol. The van der Waals surface area contributed by atoms with Gasteiger partial charge < -0.3 is 9.47 Å². The zero-order chi connectivity index (χ0) is 21.6. The lowest BCUT2D eigenvalue weighted by Crippen LogP contribution is -1.95. The van der Waals surface area contributed by atoms with Crippen LogP contribution in [0.3, 0.4) is 0 Å². The zero-order valence-electron chi connectivity index (χ0n) is 17.1. The Morgan fingerprint density at radius 3 is 2.42 bits per heavy atom. The van der Waals surface area contributed by atoms with E-state index in [1.54, 1.807) is 20.4 Å². The van der Waals surface area contributed by atoms with Gasteiger partial charge in [-0.05, 0) is 42.5 Å². The molecule has 0 spiro atoms. The molecule has 6 nitrogen and oxygen atoms in total. The Labute approximate surface area is 185 Å². The standard InChI is InChI=1S/C24H21ClN4O2/c1-30-22-13-12-17(14-23(22)31-2)24-18(15-26-27-21-11-7-6-10-20(21)25)16-29(28-24)19-8-4-3-5-9-19/h3-16,27H,1-2H3. The number of ether oxygens (including phenoxy) is 2. The summed E-state index contributed by atoms with van der Waals surface area (Å²) in [6, 6.07) is 23.0. The second kappa shape index (κ2) is 9.36. The number of halogens is 1. The zero-order valence-corrected chi connectivity index (χ0v) is 17.9. The van der Waals surface area contributed by atoms with Crippen molar-refractivity contribution in [1.82, 2.24) is 9.78 Å². The van der Waals surface area contributed by atoms with Gasteiger partial charge in [0.1, 0.15) is 5.69 Å². The van der Waals surface area contributed by atoms with Crippen LogP contribution in [-0.4, -0.2) is 30.2 Å². The molecule has 31 heavy (non-hydrogen) atoms. The van der Waals surface area contributed by atoms with Gasteiger partial charge in [-0.1, -0.05) is 41.9 Å². The molecule has 0 amide bonds. The number of hydrogen-bond acceptors (Lipinski definition) is 5. The van der Waals surface area contributed by atoms with E-state index in [1.807, 2.05) is 83.7 Å². The molecule has 0 aliphatic carbocycles. The number of benzene rings is 3. The van der Waals surface area contributed by atoms with Crippen molar-refractivity contribution in [1.29, 1.82) is 0 Å². The minimum absolute atomic E-state index is 0.597. The summed E-state index contributed by atoms with van der Waals surface area (Å²) in [5, 5.41) is 9.77. The number of aromatic nitrogens is 2. The van der Waals surface area contributed by atoms with Crippen molar-refractivity contribution in [3.63, 3.8) is 0 Å². The van der Waals surface area contributed by atoms with Gasteiger partial charge in [0.05, 0.1) is 36.8 Å². The van der Waals surface area contributed by atoms with Crippen LogP contribution in [0.15, 0.2) is 84.1 Å². The van der Waals surface area contributed by atoms with E-state index in [0.29, 0.717) is 16.5 Å². The van der Waals surface area contributed by atoms with Gasteiger partial charge in [0.2, 0.25) is 0 Å². The minimum atomic E-state index is 0.597. The van der Waals surface area contributed by atoms with Crippen LogP contribution in [0, 0.1) is 0 Å². The van der Waals surface area contributed by atoms with E-state index < -0.39 is 0 Å². The average molecular weight is 433 g/mol. The number of hydrogen-bond donors (Lipinski definition) is 1. The molecule has 1 aromatic heterocycles. The van der Waals surface area contributed by atoms with Gasteiger partial charge in [-0.25, -0.2) is 4.68 Å². The summed E-state index contributed by atoms with van der Waals surface area (Å²) < 4.78 is 12.6. The first-order chi connectivity index (χ1) is 15.2. The molecule has 4 aromatic rings. The summed E-state index contributed by atoms with van der Waals surface area (Å²) in [4.78, 5) is 0. The van der Waals surface area contributed by atoms with E-state index in [2.05, 4.69) is 10.5 Å². The Hall–Kier alpha value is -3.77. The molecule has 4 rings (SSSR count). The maximum atomic E-state index is 6.20. The lowest BCUT2D eigenvalue weighted by atomic mass is 10.1. The van der Waals surface area contributed by atoms with Crippen LogP contribution < -0.4 is 14.9 Å². The summed E-state index contributed by atoms with van der Waals surface area (Å²) in [5.41, 5.74) is 7.13. The van der Waals surface area contributed by atoms with Gasteiger partial charge in [0.15, 0.2) is 11.5 Å². The summed E-state index contributed by atoms with van der Waals surface area (Å²) in [5.74, 6) is 1.29. The number of rotatable bonds is 7. The third-order valence-electron chi connectivity index (χ3n) is 4.68. The van der Waals surface area contributed by atoms with E-state index in [4.69, 9.17) is 26.2 Å². The molecule has 0 bridgehead atoms. The Bertz CT molecular complexity index is 1210. The Morgan fingerprint density at radius 2 is 1.68 bits per heavy atom. The third-order valence-corrected chi connectivity index (χ3v) is 5.01. The second-order valence-corrected chi connectivity index (χ2v) is 7.04. The topological polar surface area (TPSA) is 60.7 Å². The first-order valence-corrected chi connectivity index (χ1v) is 9.98. The maximum Gasteiger partial charge on any atom is 0.161 e. The van der Waals surface area contributed by atoms with Crippen LogP contribution in [0.25, 0.3) is 16.9 Å². The van der Waals surface area contributed by atoms with Crippen molar-refractivity contribution in [3.8, 4) is 28.4 Å². The first kappa shape index (κ1) is 20.5. The van der Waals surface area contributed by atoms with E-state index in [1.165, 1.54) is 0 Å². The lowest BCUT2D eigenvalue weighted by Gasteiger charge is -2.09. The molecule has 1 N–H and O–H groups in total. The molecular weight excluding hydrogens is 412 g/mol. The minimum Gasteiger partial charge on any atom is -0.493 e. The van der Waals surface area contributed by atoms with E-state index in [9.17, 15) is 0 Å². The quantitative estimate of drug-likeness (QED) is 0.302.